The van der Waals surface area contributed by atoms with Crippen LogP contribution in [0.15, 0.2) is 77.5 Å². The molecule has 3 aromatic carbocycles. The average Bonchev–Trinajstić information content (AvgIpc) is 3.19. The van der Waals surface area contributed by atoms with Crippen molar-refractivity contribution in [1.29, 1.82) is 0 Å². The predicted octanol–water partition coefficient (Wildman–Crippen LogP) is 5.22. The summed E-state index contributed by atoms with van der Waals surface area (Å²) in [6.07, 6.45) is 0. The zero-order chi connectivity index (χ0) is 19.5. The van der Waals surface area contributed by atoms with Crippen molar-refractivity contribution in [3.8, 4) is 11.1 Å². The van der Waals surface area contributed by atoms with Gasteiger partial charge in [0.05, 0.1) is 6.61 Å². The van der Waals surface area contributed by atoms with E-state index in [1.54, 1.807) is 5.30 Å². The maximum Gasteiger partial charge on any atom is 1.00 e. The van der Waals surface area contributed by atoms with Gasteiger partial charge in [-0.3, -0.25) is 0 Å². The molecule has 0 saturated carbocycles. The van der Waals surface area contributed by atoms with E-state index in [0.29, 0.717) is 6.61 Å². The molecule has 1 unspecified atom stereocenters. The van der Waals surface area contributed by atoms with Crippen LogP contribution < -0.4 is 15.9 Å². The van der Waals surface area contributed by atoms with Crippen molar-refractivity contribution in [3.05, 3.63) is 77.5 Å². The minimum absolute atomic E-state index is 0. The molecule has 0 saturated heterocycles. The molecule has 150 valence electrons. The molecule has 1 nitrogen and oxygen atoms in total. The van der Waals surface area contributed by atoms with Gasteiger partial charge in [-0.2, -0.15) is 0 Å². The quantitative estimate of drug-likeness (QED) is 0.114. The molecule has 0 N–H and O–H groups in total. The minimum atomic E-state index is -0.891. The molecule has 1 aromatic heterocycles. The molecule has 6 heteroatoms. The Morgan fingerprint density at radius 2 is 1.66 bits per heavy atom. The van der Waals surface area contributed by atoms with Crippen LogP contribution in [0.3, 0.4) is 0 Å². The third-order valence-electron chi connectivity index (χ3n) is 4.72. The number of thiophene rings is 1. The summed E-state index contributed by atoms with van der Waals surface area (Å²) in [5, 5.41) is 12.1. The Morgan fingerprint density at radius 1 is 0.931 bits per heavy atom. The van der Waals surface area contributed by atoms with E-state index in [9.17, 15) is 0 Å². The van der Waals surface area contributed by atoms with E-state index in [1.165, 1.54) is 32.5 Å². The largest absolute Gasteiger partial charge is 1.00 e. The Kier molecular flexibility index (Phi) is 8.00. The van der Waals surface area contributed by atoms with Crippen molar-refractivity contribution < 1.29 is 27.1 Å². The summed E-state index contributed by atoms with van der Waals surface area (Å²) in [6, 6.07) is 24.5. The molecule has 0 spiro atoms. The van der Waals surface area contributed by atoms with E-state index in [0.717, 1.165) is 0 Å². The van der Waals surface area contributed by atoms with Crippen LogP contribution in [0.4, 0.5) is 0 Å². The van der Waals surface area contributed by atoms with E-state index >= 15 is 0 Å². The molecule has 4 aromatic rings. The summed E-state index contributed by atoms with van der Waals surface area (Å²) in [6.45, 7) is 2.43. The summed E-state index contributed by atoms with van der Waals surface area (Å²) in [5.74, 6) is 0. The molecule has 0 aliphatic carbocycles. The molecule has 29 heavy (non-hydrogen) atoms. The Morgan fingerprint density at radius 3 is 2.31 bits per heavy atom. The van der Waals surface area contributed by atoms with Crippen LogP contribution in [0.2, 0.25) is 0 Å². The standard InChI is InChI=1S/C20H13PS.C3H6OS2.Au/c1-2-8-15(9-3-1)21-18-11-5-7-14-6-4-10-16(20(14)18)17-12-22-13-19(17)21;1-2-4-3(5)6;/h1-13H;2H2,1H3,(H,5,6);/q;;+1. The SMILES string of the molecule is CCOC(=S)[S-].[Au+].c1ccc([PH+]2c3cscc3-c3cccc4cccc2c34)cc1. The van der Waals surface area contributed by atoms with Gasteiger partial charge in [-0.1, -0.05) is 48.5 Å². The first kappa shape index (κ1) is 22.6. The van der Waals surface area contributed by atoms with Crippen LogP contribution in [0.1, 0.15) is 6.92 Å². The third kappa shape index (κ3) is 4.65. The fraction of sp³-hybridized carbons (Fsp3) is 0.0870. The first-order chi connectivity index (χ1) is 13.7. The zero-order valence-corrected chi connectivity index (χ0v) is 21.3. The average molecular weight is 636 g/mol. The van der Waals surface area contributed by atoms with Gasteiger partial charge in [-0.25, -0.2) is 0 Å². The topological polar surface area (TPSA) is 9.23 Å². The number of benzene rings is 3. The van der Waals surface area contributed by atoms with Gasteiger partial charge in [0.15, 0.2) is 0 Å². The maximum atomic E-state index is 4.59. The van der Waals surface area contributed by atoms with Gasteiger partial charge in [0.25, 0.3) is 0 Å². The Bertz CT molecular complexity index is 1120. The molecule has 0 fully saturated rings. The molecule has 5 rings (SSSR count). The molecule has 1 aliphatic heterocycles. The van der Waals surface area contributed by atoms with Crippen molar-refractivity contribution in [2.45, 2.75) is 6.92 Å². The summed E-state index contributed by atoms with van der Waals surface area (Å²) < 4.78 is 4.79. The number of rotatable bonds is 2. The van der Waals surface area contributed by atoms with E-state index in [2.05, 4.69) is 107 Å². The van der Waals surface area contributed by atoms with Gasteiger partial charge in [-0.05, 0) is 36.1 Å². The first-order valence-electron chi connectivity index (χ1n) is 9.06. The summed E-state index contributed by atoms with van der Waals surface area (Å²) >= 11 is 10.6. The zero-order valence-electron chi connectivity index (χ0n) is 15.6. The van der Waals surface area contributed by atoms with E-state index in [1.807, 2.05) is 18.3 Å². The molecule has 1 aliphatic rings. The van der Waals surface area contributed by atoms with Gasteiger partial charge < -0.3 is 29.6 Å². The van der Waals surface area contributed by atoms with Gasteiger partial charge >= 0.3 is 22.4 Å². The fourth-order valence-electron chi connectivity index (χ4n) is 3.65. The van der Waals surface area contributed by atoms with Crippen LogP contribution in [-0.2, 0) is 39.7 Å². The fourth-order valence-corrected chi connectivity index (χ4v) is 8.09. The molecular formula is C23H19AuOPS3+. The van der Waals surface area contributed by atoms with Crippen LogP contribution >= 0.6 is 31.5 Å². The second-order valence-electron chi connectivity index (χ2n) is 6.33. The summed E-state index contributed by atoms with van der Waals surface area (Å²) in [5.41, 5.74) is 2.86. The summed E-state index contributed by atoms with van der Waals surface area (Å²) in [4.78, 5) is 0. The minimum Gasteiger partial charge on any atom is -0.514 e. The number of fused-ring (bicyclic) bond motifs is 2. The second kappa shape index (κ2) is 10.3. The third-order valence-corrected chi connectivity index (χ3v) is 8.73. The number of hydrogen-bond donors (Lipinski definition) is 0. The molecule has 1 atom stereocenters. The second-order valence-corrected chi connectivity index (χ2v) is 10.5. The molecular weight excluding hydrogens is 616 g/mol. The monoisotopic (exact) mass is 635 g/mol. The number of ether oxygens (including phenoxy) is 1. The van der Waals surface area contributed by atoms with Crippen LogP contribution in [0, 0.1) is 0 Å². The van der Waals surface area contributed by atoms with Gasteiger partial charge in [0, 0.05) is 26.1 Å². The smallest absolute Gasteiger partial charge is 0.514 e. The first-order valence-corrected chi connectivity index (χ1v) is 12.3. The van der Waals surface area contributed by atoms with Crippen molar-refractivity contribution in [2.24, 2.45) is 0 Å². The molecule has 0 radical (unpaired) electrons. The van der Waals surface area contributed by atoms with Crippen molar-refractivity contribution in [2.75, 3.05) is 6.61 Å². The summed E-state index contributed by atoms with van der Waals surface area (Å²) in [7, 11) is -0.891. The van der Waals surface area contributed by atoms with Gasteiger partial charge in [0.1, 0.15) is 23.8 Å². The Balaban J connectivity index is 0.000000305. The van der Waals surface area contributed by atoms with Gasteiger partial charge in [-0.15, -0.1) is 11.3 Å². The Hall–Kier alpha value is -1.10. The van der Waals surface area contributed by atoms with Crippen LogP contribution in [-0.4, -0.2) is 11.0 Å². The van der Waals surface area contributed by atoms with E-state index in [4.69, 9.17) is 0 Å². The Labute approximate surface area is 203 Å². The maximum absolute atomic E-state index is 4.59. The predicted molar refractivity (Wildman–Crippen MR) is 133 cm³/mol. The van der Waals surface area contributed by atoms with Crippen LogP contribution in [0.5, 0.6) is 0 Å². The van der Waals surface area contributed by atoms with Gasteiger partial charge in [0.2, 0.25) is 0 Å². The molecule has 0 bridgehead atoms. The molecule has 2 heterocycles. The van der Waals surface area contributed by atoms with Crippen molar-refractivity contribution in [1.82, 2.24) is 0 Å². The van der Waals surface area contributed by atoms with Crippen molar-refractivity contribution in [3.63, 3.8) is 0 Å². The number of thiocarbonyl (C=S) groups is 1. The van der Waals surface area contributed by atoms with Crippen molar-refractivity contribution >= 4 is 75.2 Å². The normalized spacial score (nSPS) is 13.5. The van der Waals surface area contributed by atoms with Crippen LogP contribution in [0.25, 0.3) is 21.9 Å². The van der Waals surface area contributed by atoms with E-state index < -0.39 is 7.92 Å². The number of hydrogen-bond acceptors (Lipinski definition) is 4. The van der Waals surface area contributed by atoms with E-state index in [-0.39, 0.29) is 26.8 Å². The molecule has 0 amide bonds.